The zero-order valence-electron chi connectivity index (χ0n) is 32.1. The highest BCUT2D eigenvalue weighted by atomic mass is 32.1. The quantitative estimate of drug-likeness (QED) is 0.210. The number of ether oxygens (including phenoxy) is 2. The fraction of sp³-hybridized carbons (Fsp3) is 0.537. The summed E-state index contributed by atoms with van der Waals surface area (Å²) in [5.74, 6) is -0.359. The van der Waals surface area contributed by atoms with Crippen LogP contribution >= 0.6 is 11.3 Å². The van der Waals surface area contributed by atoms with Gasteiger partial charge in [0.2, 0.25) is 5.91 Å². The zero-order chi connectivity index (χ0) is 37.8. The van der Waals surface area contributed by atoms with Gasteiger partial charge < -0.3 is 19.4 Å². The first-order valence-electron chi connectivity index (χ1n) is 18.9. The van der Waals surface area contributed by atoms with E-state index in [1.165, 1.54) is 16.3 Å². The Morgan fingerprint density at radius 3 is 2.64 bits per heavy atom. The van der Waals surface area contributed by atoms with Crippen LogP contribution in [0.1, 0.15) is 89.7 Å². The normalized spacial score (nSPS) is 25.2. The lowest BCUT2D eigenvalue weighted by molar-refractivity contribution is -0.155. The Morgan fingerprint density at radius 2 is 1.92 bits per heavy atom. The highest BCUT2D eigenvalue weighted by Gasteiger charge is 2.49. The van der Waals surface area contributed by atoms with E-state index in [4.69, 9.17) is 19.4 Å². The summed E-state index contributed by atoms with van der Waals surface area (Å²) in [4.78, 5) is 51.0. The van der Waals surface area contributed by atoms with Crippen molar-refractivity contribution < 1.29 is 23.9 Å². The van der Waals surface area contributed by atoms with Crippen molar-refractivity contribution in [1.29, 1.82) is 0 Å². The molecule has 6 bridgehead atoms. The maximum Gasteiger partial charge on any atom is 0.324 e. The maximum absolute atomic E-state index is 14.1. The molecule has 4 aromatic rings. The minimum Gasteiger partial charge on any atom is -0.464 e. The van der Waals surface area contributed by atoms with E-state index in [0.29, 0.717) is 25.8 Å². The number of hydrogen-bond donors (Lipinski definition) is 2. The van der Waals surface area contributed by atoms with Gasteiger partial charge in [-0.1, -0.05) is 33.8 Å². The topological polar surface area (TPSA) is 128 Å². The smallest absolute Gasteiger partial charge is 0.324 e. The first kappa shape index (κ1) is 37.2. The van der Waals surface area contributed by atoms with Gasteiger partial charge >= 0.3 is 5.97 Å². The number of esters is 1. The Morgan fingerprint density at radius 1 is 1.15 bits per heavy atom. The monoisotopic (exact) mass is 740 g/mol. The number of nitrogens with zero attached hydrogens (tertiary/aromatic N) is 4. The van der Waals surface area contributed by atoms with Crippen molar-refractivity contribution in [2.24, 2.45) is 23.2 Å². The third-order valence-corrected chi connectivity index (χ3v) is 12.3. The number of fused-ring (bicyclic) bond motifs is 6. The van der Waals surface area contributed by atoms with E-state index in [1.807, 2.05) is 24.6 Å². The summed E-state index contributed by atoms with van der Waals surface area (Å²) < 4.78 is 14.3. The Labute approximate surface area is 315 Å². The first-order valence-corrected chi connectivity index (χ1v) is 19.8. The second-order valence-electron chi connectivity index (χ2n) is 16.2. The molecule has 2 N–H and O–H groups in total. The van der Waals surface area contributed by atoms with Gasteiger partial charge in [0.1, 0.15) is 12.1 Å². The minimum absolute atomic E-state index is 0.113. The molecule has 3 aliphatic rings. The van der Waals surface area contributed by atoms with Crippen LogP contribution in [0, 0.1) is 23.2 Å². The van der Waals surface area contributed by atoms with E-state index in [1.54, 1.807) is 7.11 Å². The van der Waals surface area contributed by atoms with Crippen LogP contribution < -0.4 is 10.7 Å². The lowest BCUT2D eigenvalue weighted by Gasteiger charge is -2.35. The highest BCUT2D eigenvalue weighted by molar-refractivity contribution is 7.10. The SMILES string of the molecule is CO[C@@H](C)c1ncccc1-c1c2c3cc(ccc3n1C(C)C)-c1csc(n1)C[C@H](NC(=O)[C@H]1[C@H](C)[C@@H]1C)C(=O)N1CCC[C@H](N1)C(=O)OCC(C)(C)C2. The molecule has 6 atom stereocenters. The third kappa shape index (κ3) is 7.25. The molecule has 282 valence electrons. The van der Waals surface area contributed by atoms with Gasteiger partial charge in [0, 0.05) is 71.1 Å². The lowest BCUT2D eigenvalue weighted by Crippen LogP contribution is -2.60. The van der Waals surface area contributed by atoms with Crippen LogP contribution in [-0.2, 0) is 36.7 Å². The largest absolute Gasteiger partial charge is 0.464 e. The van der Waals surface area contributed by atoms with Crippen molar-refractivity contribution in [3.05, 3.63) is 58.2 Å². The summed E-state index contributed by atoms with van der Waals surface area (Å²) in [6, 6.07) is 9.20. The number of thiazole rings is 1. The van der Waals surface area contributed by atoms with Gasteiger partial charge in [-0.15, -0.1) is 11.3 Å². The minimum atomic E-state index is -0.832. The second-order valence-corrected chi connectivity index (χ2v) is 17.2. The van der Waals surface area contributed by atoms with Crippen molar-refractivity contribution in [1.82, 2.24) is 30.3 Å². The number of cyclic esters (lactones) is 1. The zero-order valence-corrected chi connectivity index (χ0v) is 32.9. The van der Waals surface area contributed by atoms with Crippen LogP contribution in [-0.4, -0.2) is 69.7 Å². The average molecular weight is 741 g/mol. The van der Waals surface area contributed by atoms with Crippen molar-refractivity contribution in [2.45, 2.75) is 98.4 Å². The standard InChI is InChI=1S/C41H52N6O5S/c1-22(2)47-33-14-13-26-17-28(33)29(37(47)27-11-9-15-42-36(27)25(5)51-8)19-41(6,7)21-52-40(50)30-12-10-16-46(45-30)39(49)31(18-34-43-32(26)20-53-34)44-38(48)35-23(3)24(35)4/h9,11,13-15,17,20,22-25,30-31,35,45H,10,12,16,18-19,21H2,1-8H3,(H,44,48)/t23-,24+,25-,30-,31-,35+/m0/s1. The number of pyridine rings is 1. The molecule has 0 unspecified atom stereocenters. The Kier molecular flexibility index (Phi) is 10.2. The van der Waals surface area contributed by atoms with Crippen molar-refractivity contribution in [2.75, 3.05) is 20.3 Å². The van der Waals surface area contributed by atoms with E-state index in [0.717, 1.165) is 49.7 Å². The highest BCUT2D eigenvalue weighted by Crippen LogP contribution is 2.46. The van der Waals surface area contributed by atoms with Crippen molar-refractivity contribution >= 4 is 40.0 Å². The number of amides is 2. The number of carbonyl (C=O) groups excluding carboxylic acids is 3. The molecule has 1 saturated heterocycles. The fourth-order valence-electron chi connectivity index (χ4n) is 8.12. The molecule has 1 aliphatic carbocycles. The third-order valence-electron chi connectivity index (χ3n) is 11.4. The van der Waals surface area contributed by atoms with Crippen molar-refractivity contribution in [3.8, 4) is 22.5 Å². The molecule has 2 amide bonds. The van der Waals surface area contributed by atoms with Crippen molar-refractivity contribution in [3.63, 3.8) is 0 Å². The average Bonchev–Trinajstić information content (AvgIpc) is 3.43. The molecular weight excluding hydrogens is 689 g/mol. The molecule has 1 saturated carbocycles. The fourth-order valence-corrected chi connectivity index (χ4v) is 8.97. The predicted molar refractivity (Wildman–Crippen MR) is 206 cm³/mol. The van der Waals surface area contributed by atoms with E-state index >= 15 is 0 Å². The number of hydrogen-bond acceptors (Lipinski definition) is 9. The lowest BCUT2D eigenvalue weighted by atomic mass is 9.84. The number of carbonyl (C=O) groups is 3. The van der Waals surface area contributed by atoms with Crippen LogP contribution in [0.3, 0.4) is 0 Å². The summed E-state index contributed by atoms with van der Waals surface area (Å²) in [6.45, 7) is 15.4. The summed E-state index contributed by atoms with van der Waals surface area (Å²) in [5.41, 5.74) is 9.66. The summed E-state index contributed by atoms with van der Waals surface area (Å²) >= 11 is 1.49. The Bertz CT molecular complexity index is 2030. The van der Waals surface area contributed by atoms with Gasteiger partial charge in [-0.05, 0) is 81.7 Å². The number of nitrogens with one attached hydrogen (secondary N) is 2. The van der Waals surface area contributed by atoms with Gasteiger partial charge in [0.25, 0.3) is 5.91 Å². The predicted octanol–water partition coefficient (Wildman–Crippen LogP) is 6.67. The molecule has 11 nitrogen and oxygen atoms in total. The number of aromatic nitrogens is 3. The molecule has 5 heterocycles. The van der Waals surface area contributed by atoms with Crippen LogP contribution in [0.2, 0.25) is 0 Å². The molecular formula is C41H52N6O5S. The second kappa shape index (κ2) is 14.6. The van der Waals surface area contributed by atoms with Gasteiger partial charge in [-0.25, -0.2) is 10.4 Å². The van der Waals surface area contributed by atoms with E-state index in [-0.39, 0.29) is 54.7 Å². The van der Waals surface area contributed by atoms with Gasteiger partial charge in [0.15, 0.2) is 0 Å². The summed E-state index contributed by atoms with van der Waals surface area (Å²) in [6.07, 6.45) is 3.62. The molecule has 2 fully saturated rings. The number of hydrazine groups is 1. The molecule has 53 heavy (non-hydrogen) atoms. The maximum atomic E-state index is 14.1. The Hall–Kier alpha value is -4.13. The molecule has 1 aromatic carbocycles. The number of rotatable bonds is 6. The van der Waals surface area contributed by atoms with E-state index in [2.05, 4.69) is 81.1 Å². The molecule has 3 aromatic heterocycles. The summed E-state index contributed by atoms with van der Waals surface area (Å²) in [5, 5.41) is 8.44. The molecule has 2 aliphatic heterocycles. The number of methoxy groups -OCH3 is 1. The molecule has 7 rings (SSSR count). The Balaban J connectivity index is 1.37. The summed E-state index contributed by atoms with van der Waals surface area (Å²) in [7, 11) is 1.70. The van der Waals surface area contributed by atoms with Gasteiger partial charge in [-0.3, -0.25) is 24.4 Å². The van der Waals surface area contributed by atoms with Gasteiger partial charge in [-0.2, -0.15) is 0 Å². The number of benzene rings is 1. The first-order chi connectivity index (χ1) is 25.3. The molecule has 12 heteroatoms. The molecule has 0 spiro atoms. The molecule has 0 radical (unpaired) electrons. The van der Waals surface area contributed by atoms with Crippen LogP contribution in [0.5, 0.6) is 0 Å². The van der Waals surface area contributed by atoms with Crippen LogP contribution in [0.4, 0.5) is 0 Å². The van der Waals surface area contributed by atoms with Crippen LogP contribution in [0.15, 0.2) is 41.9 Å². The van der Waals surface area contributed by atoms with Crippen LogP contribution in [0.25, 0.3) is 33.4 Å². The van der Waals surface area contributed by atoms with E-state index in [9.17, 15) is 14.4 Å². The van der Waals surface area contributed by atoms with Gasteiger partial charge in [0.05, 0.1) is 34.8 Å². The van der Waals surface area contributed by atoms with E-state index < -0.39 is 23.5 Å².